The van der Waals surface area contributed by atoms with E-state index < -0.39 is 0 Å². The molecule has 0 aliphatic carbocycles. The van der Waals surface area contributed by atoms with Crippen molar-refractivity contribution in [1.82, 2.24) is 0 Å². The Hall–Kier alpha value is -2.49. The quantitative estimate of drug-likeness (QED) is 0.901. The van der Waals surface area contributed by atoms with Gasteiger partial charge < -0.3 is 15.3 Å². The van der Waals surface area contributed by atoms with E-state index in [1.165, 1.54) is 6.07 Å². The number of phenols is 1. The van der Waals surface area contributed by atoms with Gasteiger partial charge >= 0.3 is 0 Å². The van der Waals surface area contributed by atoms with Crippen LogP contribution in [0.15, 0.2) is 42.5 Å². The first-order chi connectivity index (χ1) is 9.49. The molecule has 0 radical (unpaired) electrons. The number of para-hydroxylation sites is 2. The van der Waals surface area contributed by atoms with E-state index >= 15 is 0 Å². The minimum atomic E-state index is -0.241. The van der Waals surface area contributed by atoms with Gasteiger partial charge in [0, 0.05) is 19.7 Å². The lowest BCUT2D eigenvalue weighted by atomic mass is 10.1. The van der Waals surface area contributed by atoms with Crippen LogP contribution in [0.3, 0.4) is 0 Å². The van der Waals surface area contributed by atoms with E-state index in [2.05, 4.69) is 5.32 Å². The summed E-state index contributed by atoms with van der Waals surface area (Å²) in [7, 11) is 3.84. The second-order valence-corrected chi connectivity index (χ2v) is 4.87. The molecular formula is C16H18N2O2. The summed E-state index contributed by atoms with van der Waals surface area (Å²) in [5.41, 5.74) is 2.84. The van der Waals surface area contributed by atoms with Crippen LogP contribution in [0.4, 0.5) is 11.4 Å². The van der Waals surface area contributed by atoms with Gasteiger partial charge in [0.25, 0.3) is 5.91 Å². The Labute approximate surface area is 118 Å². The summed E-state index contributed by atoms with van der Waals surface area (Å²) in [5, 5.41) is 12.5. The highest BCUT2D eigenvalue weighted by molar-refractivity contribution is 6.06. The molecule has 0 unspecified atom stereocenters. The first-order valence-corrected chi connectivity index (χ1v) is 6.36. The Morgan fingerprint density at radius 1 is 1.15 bits per heavy atom. The van der Waals surface area contributed by atoms with Crippen molar-refractivity contribution in [2.24, 2.45) is 0 Å². The van der Waals surface area contributed by atoms with Crippen LogP contribution in [-0.2, 0) is 0 Å². The Bertz CT molecular complexity index is 636. The van der Waals surface area contributed by atoms with Gasteiger partial charge in [-0.3, -0.25) is 4.79 Å². The zero-order valence-corrected chi connectivity index (χ0v) is 11.8. The van der Waals surface area contributed by atoms with Crippen LogP contribution in [0, 0.1) is 6.92 Å². The van der Waals surface area contributed by atoms with Crippen LogP contribution in [-0.4, -0.2) is 25.1 Å². The molecule has 0 aromatic heterocycles. The monoisotopic (exact) mass is 270 g/mol. The topological polar surface area (TPSA) is 52.6 Å². The summed E-state index contributed by atoms with van der Waals surface area (Å²) < 4.78 is 0. The maximum Gasteiger partial charge on any atom is 0.255 e. The van der Waals surface area contributed by atoms with Crippen LogP contribution in [0.25, 0.3) is 0 Å². The summed E-state index contributed by atoms with van der Waals surface area (Å²) in [6.07, 6.45) is 0. The number of amides is 1. The van der Waals surface area contributed by atoms with Crippen molar-refractivity contribution in [3.8, 4) is 5.75 Å². The number of anilines is 2. The van der Waals surface area contributed by atoms with E-state index in [0.717, 1.165) is 16.9 Å². The Kier molecular flexibility index (Phi) is 3.94. The van der Waals surface area contributed by atoms with Gasteiger partial charge in [-0.15, -0.1) is 0 Å². The van der Waals surface area contributed by atoms with E-state index in [9.17, 15) is 9.90 Å². The zero-order valence-electron chi connectivity index (χ0n) is 11.8. The third kappa shape index (κ3) is 2.91. The lowest BCUT2D eigenvalue weighted by Crippen LogP contribution is -2.16. The van der Waals surface area contributed by atoms with Crippen LogP contribution in [0.5, 0.6) is 5.75 Å². The molecule has 104 valence electrons. The van der Waals surface area contributed by atoms with Crippen molar-refractivity contribution >= 4 is 17.3 Å². The average Bonchev–Trinajstić information content (AvgIpc) is 2.42. The van der Waals surface area contributed by atoms with Gasteiger partial charge in [-0.05, 0) is 36.8 Å². The van der Waals surface area contributed by atoms with Gasteiger partial charge in [0.2, 0.25) is 0 Å². The maximum absolute atomic E-state index is 12.2. The molecule has 20 heavy (non-hydrogen) atoms. The summed E-state index contributed by atoms with van der Waals surface area (Å²) in [4.78, 5) is 14.1. The number of hydrogen-bond acceptors (Lipinski definition) is 3. The number of aromatic hydroxyl groups is 1. The Morgan fingerprint density at radius 3 is 2.50 bits per heavy atom. The molecule has 2 rings (SSSR count). The van der Waals surface area contributed by atoms with Crippen LogP contribution in [0.1, 0.15) is 15.9 Å². The van der Waals surface area contributed by atoms with E-state index in [1.807, 2.05) is 43.3 Å². The number of aryl methyl sites for hydroxylation is 1. The molecule has 2 aromatic carbocycles. The molecule has 0 fully saturated rings. The SMILES string of the molecule is Cc1ccc(C(=O)Nc2ccccc2N(C)C)cc1O. The number of carbonyl (C=O) groups is 1. The smallest absolute Gasteiger partial charge is 0.255 e. The third-order valence-electron chi connectivity index (χ3n) is 3.11. The van der Waals surface area contributed by atoms with Gasteiger partial charge in [0.1, 0.15) is 5.75 Å². The number of carbonyl (C=O) groups excluding carboxylic acids is 1. The number of nitrogens with zero attached hydrogens (tertiary/aromatic N) is 1. The number of nitrogens with one attached hydrogen (secondary N) is 1. The molecule has 1 amide bonds. The average molecular weight is 270 g/mol. The molecule has 4 heteroatoms. The fourth-order valence-electron chi connectivity index (χ4n) is 1.91. The van der Waals surface area contributed by atoms with E-state index in [0.29, 0.717) is 5.56 Å². The Morgan fingerprint density at radius 2 is 1.85 bits per heavy atom. The van der Waals surface area contributed by atoms with Crippen LogP contribution in [0.2, 0.25) is 0 Å². The minimum Gasteiger partial charge on any atom is -0.508 e. The lowest BCUT2D eigenvalue weighted by Gasteiger charge is -2.17. The van der Waals surface area contributed by atoms with Crippen molar-refractivity contribution in [1.29, 1.82) is 0 Å². The molecule has 4 nitrogen and oxygen atoms in total. The summed E-state index contributed by atoms with van der Waals surface area (Å²) in [5.74, 6) is -0.117. The second-order valence-electron chi connectivity index (χ2n) is 4.87. The predicted molar refractivity (Wildman–Crippen MR) is 81.6 cm³/mol. The lowest BCUT2D eigenvalue weighted by molar-refractivity contribution is 0.102. The molecule has 0 heterocycles. The Balaban J connectivity index is 2.26. The van der Waals surface area contributed by atoms with Crippen molar-refractivity contribution in [3.63, 3.8) is 0 Å². The first kappa shape index (κ1) is 13.9. The van der Waals surface area contributed by atoms with Gasteiger partial charge in [-0.1, -0.05) is 18.2 Å². The molecule has 0 aliphatic rings. The predicted octanol–water partition coefficient (Wildman–Crippen LogP) is 3.02. The number of benzene rings is 2. The molecule has 0 aliphatic heterocycles. The number of hydrogen-bond donors (Lipinski definition) is 2. The summed E-state index contributed by atoms with van der Waals surface area (Å²) >= 11 is 0. The van der Waals surface area contributed by atoms with Crippen LogP contribution < -0.4 is 10.2 Å². The molecule has 0 bridgehead atoms. The first-order valence-electron chi connectivity index (χ1n) is 6.36. The molecule has 0 saturated heterocycles. The highest BCUT2D eigenvalue weighted by Crippen LogP contribution is 2.25. The number of rotatable bonds is 3. The molecule has 0 saturated carbocycles. The molecule has 2 N–H and O–H groups in total. The molecule has 2 aromatic rings. The van der Waals surface area contributed by atoms with Gasteiger partial charge in [0.15, 0.2) is 0 Å². The highest BCUT2D eigenvalue weighted by atomic mass is 16.3. The summed E-state index contributed by atoms with van der Waals surface area (Å²) in [6, 6.07) is 12.5. The zero-order chi connectivity index (χ0) is 14.7. The van der Waals surface area contributed by atoms with Gasteiger partial charge in [-0.2, -0.15) is 0 Å². The van der Waals surface area contributed by atoms with Crippen molar-refractivity contribution in [3.05, 3.63) is 53.6 Å². The molecule has 0 spiro atoms. The van der Waals surface area contributed by atoms with E-state index in [4.69, 9.17) is 0 Å². The van der Waals surface area contributed by atoms with E-state index in [-0.39, 0.29) is 11.7 Å². The fraction of sp³-hybridized carbons (Fsp3) is 0.188. The van der Waals surface area contributed by atoms with Crippen molar-refractivity contribution < 1.29 is 9.90 Å². The van der Waals surface area contributed by atoms with Gasteiger partial charge in [0.05, 0.1) is 11.4 Å². The summed E-state index contributed by atoms with van der Waals surface area (Å²) in [6.45, 7) is 1.79. The molecular weight excluding hydrogens is 252 g/mol. The van der Waals surface area contributed by atoms with Crippen molar-refractivity contribution in [2.45, 2.75) is 6.92 Å². The van der Waals surface area contributed by atoms with Gasteiger partial charge in [-0.25, -0.2) is 0 Å². The number of phenolic OH excluding ortho intramolecular Hbond substituents is 1. The minimum absolute atomic E-state index is 0.124. The van der Waals surface area contributed by atoms with Crippen LogP contribution >= 0.6 is 0 Å². The normalized spacial score (nSPS) is 10.2. The molecule has 0 atom stereocenters. The largest absolute Gasteiger partial charge is 0.508 e. The standard InChI is InChI=1S/C16H18N2O2/c1-11-8-9-12(10-15(11)19)16(20)17-13-6-4-5-7-14(13)18(2)3/h4-10,19H,1-3H3,(H,17,20). The van der Waals surface area contributed by atoms with E-state index in [1.54, 1.807) is 19.1 Å². The third-order valence-corrected chi connectivity index (χ3v) is 3.11. The van der Waals surface area contributed by atoms with Crippen molar-refractivity contribution in [2.75, 3.05) is 24.3 Å². The highest BCUT2D eigenvalue weighted by Gasteiger charge is 2.11. The fourth-order valence-corrected chi connectivity index (χ4v) is 1.91. The maximum atomic E-state index is 12.2. The second kappa shape index (κ2) is 5.65.